The Balaban J connectivity index is 3.87. The first kappa shape index (κ1) is 10.9. The van der Waals surface area contributed by atoms with Crippen LogP contribution in [0.2, 0.25) is 0 Å². The average Bonchev–Trinajstić information content (AvgIpc) is 1.96. The van der Waals surface area contributed by atoms with Gasteiger partial charge in [-0.25, -0.2) is 0 Å². The molecule has 0 unspecified atom stereocenters. The molecule has 0 aromatic heterocycles. The van der Waals surface area contributed by atoms with E-state index >= 15 is 0 Å². The Labute approximate surface area is 69.9 Å². The fraction of sp³-hybridized carbons (Fsp3) is 0.667. The number of rotatable bonds is 6. The molecule has 0 rings (SSSR count). The van der Waals surface area contributed by atoms with E-state index in [-0.39, 0.29) is 6.42 Å². The van der Waals surface area contributed by atoms with E-state index in [0.717, 1.165) is 0 Å². The van der Waals surface area contributed by atoms with Gasteiger partial charge in [-0.1, -0.05) is 0 Å². The quantitative estimate of drug-likeness (QED) is 0.367. The SMILES string of the molecule is NCCN[C@@H](CC(=O)O)C(N)=O. The third-order valence-corrected chi connectivity index (χ3v) is 1.26. The summed E-state index contributed by atoms with van der Waals surface area (Å²) in [7, 11) is 0. The van der Waals surface area contributed by atoms with Crippen molar-refractivity contribution < 1.29 is 14.7 Å². The predicted octanol–water partition coefficient (Wildman–Crippen LogP) is -2.14. The fourth-order valence-corrected chi connectivity index (χ4v) is 0.706. The topological polar surface area (TPSA) is 118 Å². The molecule has 0 aliphatic rings. The van der Waals surface area contributed by atoms with Crippen LogP contribution < -0.4 is 16.8 Å². The Morgan fingerprint density at radius 1 is 1.50 bits per heavy atom. The number of nitrogens with one attached hydrogen (secondary N) is 1. The van der Waals surface area contributed by atoms with Crippen molar-refractivity contribution in [1.82, 2.24) is 5.32 Å². The first-order valence-corrected chi connectivity index (χ1v) is 3.52. The third-order valence-electron chi connectivity index (χ3n) is 1.26. The Morgan fingerprint density at radius 2 is 2.08 bits per heavy atom. The number of nitrogens with two attached hydrogens (primary N) is 2. The minimum Gasteiger partial charge on any atom is -0.481 e. The smallest absolute Gasteiger partial charge is 0.305 e. The average molecular weight is 175 g/mol. The van der Waals surface area contributed by atoms with E-state index in [9.17, 15) is 9.59 Å². The molecule has 0 aromatic carbocycles. The molecule has 0 radical (unpaired) electrons. The van der Waals surface area contributed by atoms with Crippen LogP contribution >= 0.6 is 0 Å². The first-order valence-electron chi connectivity index (χ1n) is 3.52. The summed E-state index contributed by atoms with van der Waals surface area (Å²) >= 11 is 0. The molecule has 0 spiro atoms. The van der Waals surface area contributed by atoms with Crippen molar-refractivity contribution >= 4 is 11.9 Å². The Kier molecular flexibility index (Phi) is 4.98. The highest BCUT2D eigenvalue weighted by Gasteiger charge is 2.17. The van der Waals surface area contributed by atoms with E-state index in [2.05, 4.69) is 5.32 Å². The van der Waals surface area contributed by atoms with Crippen LogP contribution in [0, 0.1) is 0 Å². The lowest BCUT2D eigenvalue weighted by atomic mass is 10.2. The van der Waals surface area contributed by atoms with Crippen LogP contribution in [-0.4, -0.2) is 36.1 Å². The number of carbonyl (C=O) groups excluding carboxylic acids is 1. The number of hydrogen-bond acceptors (Lipinski definition) is 4. The summed E-state index contributed by atoms with van der Waals surface area (Å²) < 4.78 is 0. The maximum Gasteiger partial charge on any atom is 0.305 e. The van der Waals surface area contributed by atoms with E-state index in [1.807, 2.05) is 0 Å². The lowest BCUT2D eigenvalue weighted by Gasteiger charge is -2.11. The molecular weight excluding hydrogens is 162 g/mol. The zero-order valence-electron chi connectivity index (χ0n) is 6.62. The highest BCUT2D eigenvalue weighted by atomic mass is 16.4. The van der Waals surface area contributed by atoms with Gasteiger partial charge in [-0.05, 0) is 0 Å². The minimum absolute atomic E-state index is 0.310. The summed E-state index contributed by atoms with van der Waals surface area (Å²) in [6.07, 6.45) is -0.310. The Hall–Kier alpha value is -1.14. The van der Waals surface area contributed by atoms with Crippen molar-refractivity contribution in [3.05, 3.63) is 0 Å². The number of amides is 1. The number of hydrogen-bond donors (Lipinski definition) is 4. The van der Waals surface area contributed by atoms with Gasteiger partial charge in [-0.2, -0.15) is 0 Å². The van der Waals surface area contributed by atoms with E-state index in [0.29, 0.717) is 13.1 Å². The molecule has 6 heteroatoms. The fourth-order valence-electron chi connectivity index (χ4n) is 0.706. The largest absolute Gasteiger partial charge is 0.481 e. The predicted molar refractivity (Wildman–Crippen MR) is 42.3 cm³/mol. The number of carbonyl (C=O) groups is 2. The van der Waals surface area contributed by atoms with Crippen LogP contribution in [0.5, 0.6) is 0 Å². The highest BCUT2D eigenvalue weighted by Crippen LogP contribution is 1.89. The third kappa shape index (κ3) is 4.64. The van der Waals surface area contributed by atoms with E-state index in [4.69, 9.17) is 16.6 Å². The van der Waals surface area contributed by atoms with Crippen molar-refractivity contribution in [2.75, 3.05) is 13.1 Å². The molecule has 0 aliphatic carbocycles. The van der Waals surface area contributed by atoms with Crippen LogP contribution in [0.3, 0.4) is 0 Å². The van der Waals surface area contributed by atoms with Gasteiger partial charge in [0.25, 0.3) is 0 Å². The van der Waals surface area contributed by atoms with Gasteiger partial charge in [0.15, 0.2) is 0 Å². The molecule has 12 heavy (non-hydrogen) atoms. The lowest BCUT2D eigenvalue weighted by molar-refractivity contribution is -0.139. The summed E-state index contributed by atoms with van der Waals surface area (Å²) in [6.45, 7) is 0.713. The van der Waals surface area contributed by atoms with Crippen LogP contribution in [-0.2, 0) is 9.59 Å². The van der Waals surface area contributed by atoms with Gasteiger partial charge in [-0.15, -0.1) is 0 Å². The minimum atomic E-state index is -1.07. The van der Waals surface area contributed by atoms with Gasteiger partial charge in [-0.3, -0.25) is 9.59 Å². The second-order valence-electron chi connectivity index (χ2n) is 2.30. The van der Waals surface area contributed by atoms with Gasteiger partial charge in [0.05, 0.1) is 12.5 Å². The number of carboxylic acids is 1. The number of primary amides is 1. The normalized spacial score (nSPS) is 12.4. The van der Waals surface area contributed by atoms with Gasteiger partial charge < -0.3 is 21.9 Å². The van der Waals surface area contributed by atoms with Crippen LogP contribution in [0.1, 0.15) is 6.42 Å². The summed E-state index contributed by atoms with van der Waals surface area (Å²) in [5.74, 6) is -1.74. The molecule has 6 nitrogen and oxygen atoms in total. The molecule has 6 N–H and O–H groups in total. The van der Waals surface area contributed by atoms with Gasteiger partial charge in [0, 0.05) is 13.1 Å². The summed E-state index contributed by atoms with van der Waals surface area (Å²) in [4.78, 5) is 20.8. The molecule has 70 valence electrons. The van der Waals surface area contributed by atoms with Crippen molar-refractivity contribution in [2.24, 2.45) is 11.5 Å². The van der Waals surface area contributed by atoms with E-state index < -0.39 is 17.9 Å². The summed E-state index contributed by atoms with van der Waals surface area (Å²) in [6, 6.07) is -0.828. The van der Waals surface area contributed by atoms with Gasteiger partial charge in [0.1, 0.15) is 0 Å². The molecule has 0 fully saturated rings. The van der Waals surface area contributed by atoms with Crippen molar-refractivity contribution in [3.63, 3.8) is 0 Å². The zero-order chi connectivity index (χ0) is 9.56. The number of aliphatic carboxylic acids is 1. The van der Waals surface area contributed by atoms with Crippen LogP contribution in [0.25, 0.3) is 0 Å². The molecule has 0 aromatic rings. The maximum absolute atomic E-state index is 10.6. The second kappa shape index (κ2) is 5.50. The Morgan fingerprint density at radius 3 is 2.42 bits per heavy atom. The van der Waals surface area contributed by atoms with E-state index in [1.54, 1.807) is 0 Å². The molecule has 0 aliphatic heterocycles. The molecule has 0 saturated carbocycles. The highest BCUT2D eigenvalue weighted by molar-refractivity contribution is 5.84. The van der Waals surface area contributed by atoms with Crippen molar-refractivity contribution in [2.45, 2.75) is 12.5 Å². The molecule has 0 heterocycles. The first-order chi connectivity index (χ1) is 5.57. The monoisotopic (exact) mass is 175 g/mol. The van der Waals surface area contributed by atoms with Gasteiger partial charge >= 0.3 is 5.97 Å². The van der Waals surface area contributed by atoms with Crippen LogP contribution in [0.4, 0.5) is 0 Å². The van der Waals surface area contributed by atoms with E-state index in [1.165, 1.54) is 0 Å². The zero-order valence-corrected chi connectivity index (χ0v) is 6.62. The summed E-state index contributed by atoms with van der Waals surface area (Å²) in [5.41, 5.74) is 10.1. The molecule has 1 amide bonds. The lowest BCUT2D eigenvalue weighted by Crippen LogP contribution is -2.44. The second-order valence-corrected chi connectivity index (χ2v) is 2.30. The Bertz CT molecular complexity index is 171. The van der Waals surface area contributed by atoms with Crippen molar-refractivity contribution in [1.29, 1.82) is 0 Å². The van der Waals surface area contributed by atoms with Crippen molar-refractivity contribution in [3.8, 4) is 0 Å². The van der Waals surface area contributed by atoms with Crippen LogP contribution in [0.15, 0.2) is 0 Å². The number of carboxylic acid groups (broad SMARTS) is 1. The molecule has 0 saturated heterocycles. The molecule has 0 bridgehead atoms. The molecular formula is C6H13N3O3. The maximum atomic E-state index is 10.6. The standard InChI is InChI=1S/C6H13N3O3/c7-1-2-9-4(6(8)12)3-5(10)11/h4,9H,1-3,7H2,(H2,8,12)(H,10,11)/t4-/m0/s1. The summed E-state index contributed by atoms with van der Waals surface area (Å²) in [5, 5.41) is 11.0. The van der Waals surface area contributed by atoms with Gasteiger partial charge in [0.2, 0.25) is 5.91 Å². The molecule has 1 atom stereocenters.